The highest BCUT2D eigenvalue weighted by atomic mass is 32.2. The maximum absolute atomic E-state index is 13.6. The number of thioether (sulfide) groups is 1. The van der Waals surface area contributed by atoms with Crippen molar-refractivity contribution in [3.63, 3.8) is 0 Å². The van der Waals surface area contributed by atoms with Crippen LogP contribution in [0.4, 0.5) is 0 Å². The molecule has 0 radical (unpaired) electrons. The number of hydrogen-bond donors (Lipinski definition) is 7. The van der Waals surface area contributed by atoms with Crippen molar-refractivity contribution >= 4 is 46.4 Å². The number of imidazole rings is 1. The Morgan fingerprint density at radius 1 is 1.00 bits per heavy atom. The van der Waals surface area contributed by atoms with E-state index in [2.05, 4.69) is 30.9 Å². The molecule has 12 nitrogen and oxygen atoms in total. The van der Waals surface area contributed by atoms with E-state index >= 15 is 0 Å². The van der Waals surface area contributed by atoms with Crippen molar-refractivity contribution in [3.8, 4) is 0 Å². The molecule has 216 valence electrons. The van der Waals surface area contributed by atoms with Gasteiger partial charge in [0.25, 0.3) is 0 Å². The molecular weight excluding hydrogens is 534 g/mol. The molecule has 3 rings (SSSR count). The van der Waals surface area contributed by atoms with Crippen molar-refractivity contribution in [1.82, 2.24) is 30.9 Å². The lowest BCUT2D eigenvalue weighted by atomic mass is 9.99. The van der Waals surface area contributed by atoms with Crippen LogP contribution in [0.25, 0.3) is 10.9 Å². The Morgan fingerprint density at radius 2 is 1.73 bits per heavy atom. The van der Waals surface area contributed by atoms with Crippen LogP contribution in [0.15, 0.2) is 43.0 Å². The number of nitrogens with one attached hydrogen (secondary N) is 5. The van der Waals surface area contributed by atoms with Gasteiger partial charge in [-0.3, -0.25) is 14.4 Å². The smallest absolute Gasteiger partial charge is 0.326 e. The van der Waals surface area contributed by atoms with Crippen LogP contribution >= 0.6 is 11.8 Å². The number of carbonyl (C=O) groups is 4. The minimum Gasteiger partial charge on any atom is -0.480 e. The van der Waals surface area contributed by atoms with E-state index in [1.165, 1.54) is 12.5 Å². The lowest BCUT2D eigenvalue weighted by Crippen LogP contribution is -2.59. The Balaban J connectivity index is 1.79. The average Bonchev–Trinajstić information content (AvgIpc) is 3.59. The normalized spacial score (nSPS) is 14.3. The zero-order chi connectivity index (χ0) is 29.2. The maximum atomic E-state index is 13.6. The molecule has 2 aromatic heterocycles. The van der Waals surface area contributed by atoms with Crippen molar-refractivity contribution in [2.24, 2.45) is 11.7 Å². The van der Waals surface area contributed by atoms with Gasteiger partial charge in [-0.1, -0.05) is 32.0 Å². The number of fused-ring (bicyclic) bond motifs is 1. The number of benzene rings is 1. The number of carboxylic acid groups (broad SMARTS) is 1. The molecule has 3 aromatic rings. The highest BCUT2D eigenvalue weighted by Gasteiger charge is 2.32. The van der Waals surface area contributed by atoms with Gasteiger partial charge in [-0.2, -0.15) is 11.8 Å². The van der Waals surface area contributed by atoms with Crippen molar-refractivity contribution in [1.29, 1.82) is 0 Å². The first-order chi connectivity index (χ1) is 19.1. The van der Waals surface area contributed by atoms with Crippen molar-refractivity contribution < 1.29 is 24.3 Å². The van der Waals surface area contributed by atoms with Crippen LogP contribution in [-0.4, -0.2) is 79.9 Å². The molecule has 1 aromatic carbocycles. The number of nitrogens with two attached hydrogens (primary N) is 1. The summed E-state index contributed by atoms with van der Waals surface area (Å²) in [7, 11) is 0. The largest absolute Gasteiger partial charge is 0.480 e. The molecule has 0 aliphatic heterocycles. The van der Waals surface area contributed by atoms with Gasteiger partial charge in [0.2, 0.25) is 17.7 Å². The minimum absolute atomic E-state index is 0.00693. The molecule has 0 saturated heterocycles. The predicted octanol–water partition coefficient (Wildman–Crippen LogP) is 0.952. The summed E-state index contributed by atoms with van der Waals surface area (Å²) >= 11 is 1.57. The van der Waals surface area contributed by atoms with E-state index in [1.54, 1.807) is 31.8 Å². The number of aromatic nitrogens is 3. The van der Waals surface area contributed by atoms with Crippen LogP contribution in [0.3, 0.4) is 0 Å². The molecule has 0 aliphatic carbocycles. The third-order valence-electron chi connectivity index (χ3n) is 6.54. The SMILES string of the molecule is CSCCC(N)C(=O)NC(Cc1c[nH]c2ccccc12)C(=O)NC(C(=O)NC(Cc1cnc[nH]1)C(=O)O)C(C)C. The number of nitrogens with zero attached hydrogens (tertiary/aromatic N) is 1. The quantitative estimate of drug-likeness (QED) is 0.140. The molecule has 4 atom stereocenters. The number of hydrogen-bond acceptors (Lipinski definition) is 7. The van der Waals surface area contributed by atoms with Gasteiger partial charge in [-0.05, 0) is 36.0 Å². The molecule has 4 unspecified atom stereocenters. The first-order valence-electron chi connectivity index (χ1n) is 13.0. The molecule has 13 heteroatoms. The second kappa shape index (κ2) is 14.5. The van der Waals surface area contributed by atoms with Gasteiger partial charge in [-0.15, -0.1) is 0 Å². The molecule has 2 heterocycles. The minimum atomic E-state index is -1.23. The van der Waals surface area contributed by atoms with Crippen LogP contribution in [0.2, 0.25) is 0 Å². The summed E-state index contributed by atoms with van der Waals surface area (Å²) < 4.78 is 0. The van der Waals surface area contributed by atoms with Gasteiger partial charge in [0.15, 0.2) is 0 Å². The summed E-state index contributed by atoms with van der Waals surface area (Å²) in [6.07, 6.45) is 7.18. The summed E-state index contributed by atoms with van der Waals surface area (Å²) in [6.45, 7) is 3.47. The lowest BCUT2D eigenvalue weighted by Gasteiger charge is -2.27. The van der Waals surface area contributed by atoms with Crippen LogP contribution in [-0.2, 0) is 32.0 Å². The molecule has 8 N–H and O–H groups in total. The van der Waals surface area contributed by atoms with Gasteiger partial charge in [0.05, 0.1) is 12.4 Å². The average molecular weight is 572 g/mol. The molecule has 0 bridgehead atoms. The topological polar surface area (TPSA) is 195 Å². The molecule has 0 saturated carbocycles. The number of carboxylic acids is 1. The zero-order valence-electron chi connectivity index (χ0n) is 22.8. The van der Waals surface area contributed by atoms with Gasteiger partial charge >= 0.3 is 5.97 Å². The third kappa shape index (κ3) is 8.33. The van der Waals surface area contributed by atoms with Gasteiger partial charge in [0.1, 0.15) is 18.1 Å². The van der Waals surface area contributed by atoms with E-state index in [1.807, 2.05) is 30.5 Å². The lowest BCUT2D eigenvalue weighted by molar-refractivity contribution is -0.142. The number of carbonyl (C=O) groups excluding carboxylic acids is 3. The number of amides is 3. The fourth-order valence-electron chi connectivity index (χ4n) is 4.25. The molecule has 0 fully saturated rings. The molecule has 40 heavy (non-hydrogen) atoms. The highest BCUT2D eigenvalue weighted by molar-refractivity contribution is 7.98. The van der Waals surface area contributed by atoms with Crippen LogP contribution < -0.4 is 21.7 Å². The summed E-state index contributed by atoms with van der Waals surface area (Å²) in [6, 6.07) is 3.49. The van der Waals surface area contributed by atoms with Crippen molar-refractivity contribution in [3.05, 3.63) is 54.2 Å². The highest BCUT2D eigenvalue weighted by Crippen LogP contribution is 2.19. The molecule has 0 aliphatic rings. The Hall–Kier alpha value is -3.84. The number of aliphatic carboxylic acids is 1. The fraction of sp³-hybridized carbons (Fsp3) is 0.444. The number of aromatic amines is 2. The van der Waals surface area contributed by atoms with Crippen molar-refractivity contribution in [2.45, 2.75) is 57.3 Å². The Bertz CT molecular complexity index is 1290. The van der Waals surface area contributed by atoms with Crippen molar-refractivity contribution in [2.75, 3.05) is 12.0 Å². The summed E-state index contributed by atoms with van der Waals surface area (Å²) in [5.41, 5.74) is 8.30. The van der Waals surface area contributed by atoms with Gasteiger partial charge in [-0.25, -0.2) is 9.78 Å². The summed E-state index contributed by atoms with van der Waals surface area (Å²) in [4.78, 5) is 61.4. The predicted molar refractivity (Wildman–Crippen MR) is 154 cm³/mol. The second-order valence-corrected chi connectivity index (χ2v) is 10.9. The van der Waals surface area contributed by atoms with E-state index in [4.69, 9.17) is 5.73 Å². The first-order valence-corrected chi connectivity index (χ1v) is 14.4. The van der Waals surface area contributed by atoms with Gasteiger partial charge < -0.3 is 36.8 Å². The zero-order valence-corrected chi connectivity index (χ0v) is 23.6. The number of rotatable bonds is 15. The number of para-hydroxylation sites is 1. The van der Waals surface area contributed by atoms with Crippen LogP contribution in [0, 0.1) is 5.92 Å². The van der Waals surface area contributed by atoms with E-state index in [0.29, 0.717) is 17.9 Å². The molecule has 0 spiro atoms. The first kappa shape index (κ1) is 30.7. The third-order valence-corrected chi connectivity index (χ3v) is 7.19. The molecule has 3 amide bonds. The van der Waals surface area contributed by atoms with Gasteiger partial charge in [0, 0.05) is 41.8 Å². The van der Waals surface area contributed by atoms with E-state index in [-0.39, 0.29) is 18.8 Å². The standard InChI is InChI=1S/C27H37N7O5S/c1-15(2)23(26(37)33-22(27(38)39)11-17-13-29-14-31-17)34-25(36)21(32-24(35)19(28)8-9-40-3)10-16-12-30-20-7-5-4-6-18(16)20/h4-7,12-15,19,21-23,30H,8-11,28H2,1-3H3,(H,29,31)(H,32,35)(H,33,37)(H,34,36)(H,38,39). The Morgan fingerprint density at radius 3 is 2.38 bits per heavy atom. The fourth-order valence-corrected chi connectivity index (χ4v) is 4.74. The maximum Gasteiger partial charge on any atom is 0.326 e. The number of H-pyrrole nitrogens is 2. The summed E-state index contributed by atoms with van der Waals surface area (Å²) in [5, 5.41) is 18.6. The molecular formula is C27H37N7O5S. The van der Waals surface area contributed by atoms with E-state index in [9.17, 15) is 24.3 Å². The Kier molecular flexibility index (Phi) is 11.1. The van der Waals surface area contributed by atoms with Crippen LogP contribution in [0.5, 0.6) is 0 Å². The monoisotopic (exact) mass is 571 g/mol. The summed E-state index contributed by atoms with van der Waals surface area (Å²) in [5.74, 6) is -2.61. The van der Waals surface area contributed by atoms with E-state index in [0.717, 1.165) is 16.5 Å². The second-order valence-electron chi connectivity index (χ2n) is 9.92. The van der Waals surface area contributed by atoms with E-state index < -0.39 is 47.9 Å². The van der Waals surface area contributed by atoms with Crippen LogP contribution in [0.1, 0.15) is 31.5 Å². The Labute approximate surface area is 236 Å².